The van der Waals surface area contributed by atoms with Gasteiger partial charge in [0.15, 0.2) is 5.96 Å². The van der Waals surface area contributed by atoms with E-state index in [-0.39, 0.29) is 0 Å². The van der Waals surface area contributed by atoms with Crippen molar-refractivity contribution in [3.05, 3.63) is 71.8 Å². The Morgan fingerprint density at radius 1 is 1.10 bits per heavy atom. The summed E-state index contributed by atoms with van der Waals surface area (Å²) >= 11 is 0. The topological polar surface area (TPSA) is 40.1 Å². The first-order chi connectivity index (χ1) is 14.2. The molecular formula is C24H34N4O. The van der Waals surface area contributed by atoms with Crippen LogP contribution in [0.2, 0.25) is 0 Å². The lowest BCUT2D eigenvalue weighted by molar-refractivity contribution is 0.0906. The molecule has 2 aromatic carbocycles. The summed E-state index contributed by atoms with van der Waals surface area (Å²) in [6.45, 7) is 6.38. The molecule has 0 bridgehead atoms. The van der Waals surface area contributed by atoms with Crippen LogP contribution in [0.3, 0.4) is 0 Å². The van der Waals surface area contributed by atoms with Crippen molar-refractivity contribution in [2.24, 2.45) is 10.9 Å². The molecule has 156 valence electrons. The molecule has 0 spiro atoms. The zero-order chi connectivity index (χ0) is 20.3. The third-order valence-corrected chi connectivity index (χ3v) is 5.33. The molecule has 1 unspecified atom stereocenters. The van der Waals surface area contributed by atoms with Gasteiger partial charge in [-0.15, -0.1) is 0 Å². The molecule has 0 aliphatic carbocycles. The van der Waals surface area contributed by atoms with E-state index in [2.05, 4.69) is 81.8 Å². The van der Waals surface area contributed by atoms with Gasteiger partial charge in [-0.3, -0.25) is 4.99 Å². The van der Waals surface area contributed by atoms with E-state index < -0.39 is 0 Å². The second-order valence-corrected chi connectivity index (χ2v) is 7.80. The van der Waals surface area contributed by atoms with Gasteiger partial charge >= 0.3 is 0 Å². The highest BCUT2D eigenvalue weighted by Gasteiger charge is 2.24. The number of benzene rings is 2. The third kappa shape index (κ3) is 7.18. The third-order valence-electron chi connectivity index (χ3n) is 5.33. The van der Waals surface area contributed by atoms with E-state index in [1.807, 2.05) is 13.1 Å². The highest BCUT2D eigenvalue weighted by atomic mass is 16.5. The van der Waals surface area contributed by atoms with Crippen LogP contribution < -0.4 is 5.32 Å². The Morgan fingerprint density at radius 3 is 2.48 bits per heavy atom. The smallest absolute Gasteiger partial charge is 0.193 e. The van der Waals surface area contributed by atoms with Crippen molar-refractivity contribution < 1.29 is 4.74 Å². The molecule has 5 nitrogen and oxygen atoms in total. The van der Waals surface area contributed by atoms with Gasteiger partial charge < -0.3 is 19.9 Å². The molecule has 5 heteroatoms. The Balaban J connectivity index is 1.34. The van der Waals surface area contributed by atoms with E-state index in [1.165, 1.54) is 11.1 Å². The summed E-state index contributed by atoms with van der Waals surface area (Å²) in [7, 11) is 4.03. The Labute approximate surface area is 175 Å². The molecule has 1 aliphatic heterocycles. The lowest BCUT2D eigenvalue weighted by Gasteiger charge is -2.23. The van der Waals surface area contributed by atoms with Crippen LogP contribution in [0.4, 0.5) is 0 Å². The van der Waals surface area contributed by atoms with Crippen LogP contribution in [0, 0.1) is 5.92 Å². The molecular weight excluding hydrogens is 360 g/mol. The van der Waals surface area contributed by atoms with Crippen LogP contribution >= 0.6 is 0 Å². The summed E-state index contributed by atoms with van der Waals surface area (Å²) in [5.74, 6) is 1.57. The number of hydrogen-bond donors (Lipinski definition) is 1. The number of ether oxygens (including phenoxy) is 1. The molecule has 0 saturated carbocycles. The Bertz CT molecular complexity index is 735. The Hall–Kier alpha value is -2.37. The van der Waals surface area contributed by atoms with Crippen molar-refractivity contribution in [3.8, 4) is 0 Å². The lowest BCUT2D eigenvalue weighted by Crippen LogP contribution is -2.43. The van der Waals surface area contributed by atoms with E-state index >= 15 is 0 Å². The average molecular weight is 395 g/mol. The number of likely N-dealkylation sites (N-methyl/N-ethyl adjacent to an activating group) is 1. The Morgan fingerprint density at radius 2 is 1.79 bits per heavy atom. The zero-order valence-electron chi connectivity index (χ0n) is 17.8. The maximum Gasteiger partial charge on any atom is 0.193 e. The van der Waals surface area contributed by atoms with Crippen molar-refractivity contribution >= 4 is 5.96 Å². The molecule has 0 radical (unpaired) electrons. The number of guanidine groups is 1. The first-order valence-corrected chi connectivity index (χ1v) is 10.5. The average Bonchev–Trinajstić information content (AvgIpc) is 3.21. The number of nitrogens with one attached hydrogen (secondary N) is 1. The minimum absolute atomic E-state index is 0.568. The second-order valence-electron chi connectivity index (χ2n) is 7.80. The highest BCUT2D eigenvalue weighted by molar-refractivity contribution is 5.80. The standard InChI is InChI=1S/C24H34N4O/c1-25-24(26-14-16-27(2)17-21-9-5-3-6-10-21)28-15-13-23(18-28)20-29-19-22-11-7-4-8-12-22/h3-12,23H,13-20H2,1-2H3,(H,25,26). The SMILES string of the molecule is CN=C(NCCN(C)Cc1ccccc1)N1CCC(COCc2ccccc2)C1. The van der Waals surface area contributed by atoms with Gasteiger partial charge in [0, 0.05) is 45.7 Å². The summed E-state index contributed by atoms with van der Waals surface area (Å²) in [5.41, 5.74) is 2.58. The van der Waals surface area contributed by atoms with Gasteiger partial charge in [-0.1, -0.05) is 60.7 Å². The minimum atomic E-state index is 0.568. The van der Waals surface area contributed by atoms with Crippen LogP contribution in [0.25, 0.3) is 0 Å². The molecule has 1 atom stereocenters. The minimum Gasteiger partial charge on any atom is -0.376 e. The maximum absolute atomic E-state index is 5.94. The molecule has 29 heavy (non-hydrogen) atoms. The quantitative estimate of drug-likeness (QED) is 0.524. The van der Waals surface area contributed by atoms with E-state index in [1.54, 1.807) is 0 Å². The fourth-order valence-corrected chi connectivity index (χ4v) is 3.74. The molecule has 1 N–H and O–H groups in total. The Kier molecular flexibility index (Phi) is 8.53. The van der Waals surface area contributed by atoms with Gasteiger partial charge in [-0.05, 0) is 24.6 Å². The summed E-state index contributed by atoms with van der Waals surface area (Å²) in [4.78, 5) is 9.17. The first-order valence-electron chi connectivity index (χ1n) is 10.5. The highest BCUT2D eigenvalue weighted by Crippen LogP contribution is 2.17. The van der Waals surface area contributed by atoms with E-state index in [9.17, 15) is 0 Å². The molecule has 1 aliphatic rings. The lowest BCUT2D eigenvalue weighted by atomic mass is 10.1. The fourth-order valence-electron chi connectivity index (χ4n) is 3.74. The van der Waals surface area contributed by atoms with E-state index in [4.69, 9.17) is 4.74 Å². The van der Waals surface area contributed by atoms with Crippen LogP contribution in [0.15, 0.2) is 65.7 Å². The van der Waals surface area contributed by atoms with Gasteiger partial charge in [-0.25, -0.2) is 0 Å². The van der Waals surface area contributed by atoms with Gasteiger partial charge in [0.2, 0.25) is 0 Å². The van der Waals surface area contributed by atoms with Gasteiger partial charge in [0.1, 0.15) is 0 Å². The van der Waals surface area contributed by atoms with Crippen LogP contribution in [0.1, 0.15) is 17.5 Å². The monoisotopic (exact) mass is 394 g/mol. The van der Waals surface area contributed by atoms with Crippen LogP contribution in [0.5, 0.6) is 0 Å². The van der Waals surface area contributed by atoms with Crippen molar-refractivity contribution in [1.82, 2.24) is 15.1 Å². The van der Waals surface area contributed by atoms with Gasteiger partial charge in [0.05, 0.1) is 13.2 Å². The fraction of sp³-hybridized carbons (Fsp3) is 0.458. The summed E-state index contributed by atoms with van der Waals surface area (Å²) in [6, 6.07) is 21.0. The zero-order valence-corrected chi connectivity index (χ0v) is 17.8. The largest absolute Gasteiger partial charge is 0.376 e. The maximum atomic E-state index is 5.94. The van der Waals surface area contributed by atoms with E-state index in [0.717, 1.165) is 51.7 Å². The number of rotatable bonds is 9. The van der Waals surface area contributed by atoms with Crippen molar-refractivity contribution in [1.29, 1.82) is 0 Å². The predicted molar refractivity (Wildman–Crippen MR) is 120 cm³/mol. The summed E-state index contributed by atoms with van der Waals surface area (Å²) < 4.78 is 5.94. The normalized spacial score (nSPS) is 17.1. The number of nitrogens with zero attached hydrogens (tertiary/aromatic N) is 3. The van der Waals surface area contributed by atoms with Crippen molar-refractivity contribution in [2.75, 3.05) is 46.9 Å². The van der Waals surface area contributed by atoms with Gasteiger partial charge in [0.25, 0.3) is 0 Å². The van der Waals surface area contributed by atoms with Crippen molar-refractivity contribution in [3.63, 3.8) is 0 Å². The first kappa shape index (κ1) is 21.3. The van der Waals surface area contributed by atoms with E-state index in [0.29, 0.717) is 12.5 Å². The molecule has 3 rings (SSSR count). The number of likely N-dealkylation sites (tertiary alicyclic amines) is 1. The number of aliphatic imine (C=N–C) groups is 1. The predicted octanol–water partition coefficient (Wildman–Crippen LogP) is 3.23. The van der Waals surface area contributed by atoms with Crippen LogP contribution in [-0.2, 0) is 17.9 Å². The second kappa shape index (κ2) is 11.6. The molecule has 1 fully saturated rings. The molecule has 1 heterocycles. The molecule has 0 amide bonds. The summed E-state index contributed by atoms with van der Waals surface area (Å²) in [5, 5.41) is 3.52. The number of hydrogen-bond acceptors (Lipinski definition) is 3. The molecule has 0 aromatic heterocycles. The summed E-state index contributed by atoms with van der Waals surface area (Å²) in [6.07, 6.45) is 1.16. The van der Waals surface area contributed by atoms with Crippen LogP contribution in [-0.4, -0.2) is 62.6 Å². The van der Waals surface area contributed by atoms with Gasteiger partial charge in [-0.2, -0.15) is 0 Å². The van der Waals surface area contributed by atoms with Crippen molar-refractivity contribution in [2.45, 2.75) is 19.6 Å². The molecule has 1 saturated heterocycles. The molecule has 2 aromatic rings.